The van der Waals surface area contributed by atoms with Gasteiger partial charge in [0.2, 0.25) is 16.0 Å². The molecule has 2 aromatic carbocycles. The average molecular weight is 593 g/mol. The van der Waals surface area contributed by atoms with Crippen LogP contribution in [0.2, 0.25) is 10.0 Å². The van der Waals surface area contributed by atoms with Crippen molar-refractivity contribution in [2.45, 2.75) is 51.1 Å². The third kappa shape index (κ3) is 6.00. The fourth-order valence-corrected chi connectivity index (χ4v) is 5.53. The lowest BCUT2D eigenvalue weighted by Gasteiger charge is -2.34. The standard InChI is InChI=1S/C25H30Cl2F3N5O2S/c1-24(2,3)38(36,37)31-14-15-5-6-17(26)19(11-15)32-23-33-20-12-18(27)21(13-22(20)34(23)4)35-9-7-16(8-10-35)25(28,29)30/h5-6,11-13,16,31H,7-10,14H2,1-4H3,(H,32,33). The fraction of sp³-hybridized carbons (Fsp3) is 0.480. The summed E-state index contributed by atoms with van der Waals surface area (Å²) in [5, 5.41) is 4.04. The number of rotatable bonds is 6. The maximum Gasteiger partial charge on any atom is 0.391 e. The van der Waals surface area contributed by atoms with E-state index in [4.69, 9.17) is 23.2 Å². The van der Waals surface area contributed by atoms with Gasteiger partial charge in [-0.2, -0.15) is 13.2 Å². The van der Waals surface area contributed by atoms with Gasteiger partial charge in [-0.3, -0.25) is 0 Å². The van der Waals surface area contributed by atoms with Crippen LogP contribution < -0.4 is 14.9 Å². The zero-order valence-corrected chi connectivity index (χ0v) is 23.8. The Bertz CT molecular complexity index is 1440. The highest BCUT2D eigenvalue weighted by molar-refractivity contribution is 7.90. The molecule has 2 N–H and O–H groups in total. The predicted molar refractivity (Wildman–Crippen MR) is 147 cm³/mol. The zero-order chi connectivity index (χ0) is 28.0. The monoisotopic (exact) mass is 591 g/mol. The summed E-state index contributed by atoms with van der Waals surface area (Å²) >= 11 is 12.9. The first-order chi connectivity index (χ1) is 17.6. The number of nitrogens with zero attached hydrogens (tertiary/aromatic N) is 3. The molecule has 0 aliphatic carbocycles. The molecule has 1 aromatic heterocycles. The maximum atomic E-state index is 13.1. The van der Waals surface area contributed by atoms with Gasteiger partial charge in [0, 0.05) is 26.7 Å². The molecule has 208 valence electrons. The molecule has 0 radical (unpaired) electrons. The summed E-state index contributed by atoms with van der Waals surface area (Å²) in [5.41, 5.74) is 3.27. The van der Waals surface area contributed by atoms with Gasteiger partial charge in [-0.25, -0.2) is 18.1 Å². The number of anilines is 3. The van der Waals surface area contributed by atoms with Crippen molar-refractivity contribution in [3.05, 3.63) is 45.9 Å². The highest BCUT2D eigenvalue weighted by atomic mass is 35.5. The summed E-state index contributed by atoms with van der Waals surface area (Å²) in [6.07, 6.45) is -4.13. The van der Waals surface area contributed by atoms with E-state index in [1.807, 2.05) is 15.5 Å². The van der Waals surface area contributed by atoms with Crippen molar-refractivity contribution >= 4 is 61.6 Å². The van der Waals surface area contributed by atoms with E-state index in [-0.39, 0.29) is 32.5 Å². The Morgan fingerprint density at radius 2 is 1.71 bits per heavy atom. The largest absolute Gasteiger partial charge is 0.391 e. The number of aryl methyl sites for hydroxylation is 1. The molecule has 1 saturated heterocycles. The van der Waals surface area contributed by atoms with Crippen molar-refractivity contribution in [1.29, 1.82) is 0 Å². The van der Waals surface area contributed by atoms with Gasteiger partial charge in [-0.1, -0.05) is 29.3 Å². The minimum Gasteiger partial charge on any atom is -0.370 e. The van der Waals surface area contributed by atoms with Crippen molar-refractivity contribution in [2.24, 2.45) is 13.0 Å². The van der Waals surface area contributed by atoms with Crippen molar-refractivity contribution < 1.29 is 21.6 Å². The molecular weight excluding hydrogens is 562 g/mol. The van der Waals surface area contributed by atoms with E-state index >= 15 is 0 Å². The third-order valence-corrected chi connectivity index (χ3v) is 9.57. The first-order valence-corrected chi connectivity index (χ1v) is 14.3. The topological polar surface area (TPSA) is 79.3 Å². The van der Waals surface area contributed by atoms with E-state index in [1.165, 1.54) is 0 Å². The lowest BCUT2D eigenvalue weighted by atomic mass is 9.96. The van der Waals surface area contributed by atoms with E-state index in [2.05, 4.69) is 15.0 Å². The van der Waals surface area contributed by atoms with Crippen LogP contribution in [0.5, 0.6) is 0 Å². The molecule has 1 aliphatic rings. The quantitative estimate of drug-likeness (QED) is 0.337. The molecule has 3 aromatic rings. The summed E-state index contributed by atoms with van der Waals surface area (Å²) < 4.78 is 67.6. The second-order valence-electron chi connectivity index (χ2n) is 10.5. The van der Waals surface area contributed by atoms with E-state index in [0.29, 0.717) is 38.4 Å². The van der Waals surface area contributed by atoms with Crippen LogP contribution in [-0.4, -0.2) is 42.0 Å². The minimum absolute atomic E-state index is 0.0246. The van der Waals surface area contributed by atoms with Crippen LogP contribution in [0.1, 0.15) is 39.2 Å². The lowest BCUT2D eigenvalue weighted by molar-refractivity contribution is -0.179. The van der Waals surface area contributed by atoms with Crippen molar-refractivity contribution in [1.82, 2.24) is 14.3 Å². The average Bonchev–Trinajstić information content (AvgIpc) is 3.11. The number of hydrogen-bond acceptors (Lipinski definition) is 5. The highest BCUT2D eigenvalue weighted by Gasteiger charge is 2.41. The van der Waals surface area contributed by atoms with Gasteiger partial charge in [0.1, 0.15) is 0 Å². The van der Waals surface area contributed by atoms with Crippen LogP contribution in [0.3, 0.4) is 0 Å². The summed E-state index contributed by atoms with van der Waals surface area (Å²) in [6.45, 7) is 5.49. The molecule has 0 saturated carbocycles. The second-order valence-corrected chi connectivity index (χ2v) is 13.8. The first kappa shape index (κ1) is 28.8. The molecule has 7 nitrogen and oxygen atoms in total. The number of piperidine rings is 1. The van der Waals surface area contributed by atoms with Gasteiger partial charge in [0.05, 0.1) is 43.1 Å². The number of nitrogens with one attached hydrogen (secondary N) is 2. The minimum atomic E-state index is -4.18. The van der Waals surface area contributed by atoms with Gasteiger partial charge in [0.25, 0.3) is 0 Å². The Balaban J connectivity index is 1.56. The molecule has 1 aliphatic heterocycles. The van der Waals surface area contributed by atoms with Crippen LogP contribution in [-0.2, 0) is 23.6 Å². The second kappa shape index (κ2) is 10.4. The summed E-state index contributed by atoms with van der Waals surface area (Å²) in [4.78, 5) is 6.50. The summed E-state index contributed by atoms with van der Waals surface area (Å²) in [7, 11) is -1.72. The molecule has 0 amide bonds. The van der Waals surface area contributed by atoms with Gasteiger partial charge >= 0.3 is 6.18 Å². The van der Waals surface area contributed by atoms with Crippen molar-refractivity contribution in [3.8, 4) is 0 Å². The maximum absolute atomic E-state index is 13.1. The predicted octanol–water partition coefficient (Wildman–Crippen LogP) is 6.62. The SMILES string of the molecule is Cn1c(Nc2cc(CNS(=O)(=O)C(C)(C)C)ccc2Cl)nc2cc(Cl)c(N3CCC(C(F)(F)F)CC3)cc21. The van der Waals surface area contributed by atoms with Crippen LogP contribution in [0.4, 0.5) is 30.5 Å². The zero-order valence-electron chi connectivity index (χ0n) is 21.5. The Hall–Kier alpha value is -2.21. The Labute approximate surface area is 230 Å². The molecule has 2 heterocycles. The number of benzene rings is 2. The molecule has 0 unspecified atom stereocenters. The van der Waals surface area contributed by atoms with E-state index < -0.39 is 26.9 Å². The third-order valence-electron chi connectivity index (χ3n) is 6.80. The smallest absolute Gasteiger partial charge is 0.370 e. The van der Waals surface area contributed by atoms with Gasteiger partial charge in [0.15, 0.2) is 0 Å². The highest BCUT2D eigenvalue weighted by Crippen LogP contribution is 2.39. The van der Waals surface area contributed by atoms with Crippen molar-refractivity contribution in [3.63, 3.8) is 0 Å². The van der Waals surface area contributed by atoms with Gasteiger partial charge < -0.3 is 14.8 Å². The number of halogens is 5. The fourth-order valence-electron chi connectivity index (χ4n) is 4.30. The number of sulfonamides is 1. The van der Waals surface area contributed by atoms with Crippen LogP contribution in [0.15, 0.2) is 30.3 Å². The molecule has 13 heteroatoms. The van der Waals surface area contributed by atoms with Crippen LogP contribution in [0, 0.1) is 5.92 Å². The normalized spacial score (nSPS) is 15.9. The summed E-state index contributed by atoms with van der Waals surface area (Å²) in [5.74, 6) is -0.823. The van der Waals surface area contributed by atoms with Gasteiger partial charge in [-0.15, -0.1) is 0 Å². The number of alkyl halides is 3. The Morgan fingerprint density at radius 1 is 1.05 bits per heavy atom. The molecule has 0 atom stereocenters. The van der Waals surface area contributed by atoms with Crippen LogP contribution >= 0.6 is 23.2 Å². The first-order valence-electron chi connectivity index (χ1n) is 12.1. The number of fused-ring (bicyclic) bond motifs is 1. The molecule has 38 heavy (non-hydrogen) atoms. The van der Waals surface area contributed by atoms with E-state index in [1.54, 1.807) is 52.1 Å². The molecular formula is C25H30Cl2F3N5O2S. The van der Waals surface area contributed by atoms with E-state index in [9.17, 15) is 21.6 Å². The van der Waals surface area contributed by atoms with Gasteiger partial charge in [-0.05, 0) is 63.4 Å². The van der Waals surface area contributed by atoms with Crippen molar-refractivity contribution in [2.75, 3.05) is 23.3 Å². The number of aromatic nitrogens is 2. The molecule has 1 fully saturated rings. The van der Waals surface area contributed by atoms with Crippen LogP contribution in [0.25, 0.3) is 11.0 Å². The number of imidazole rings is 1. The van der Waals surface area contributed by atoms with E-state index in [0.717, 1.165) is 5.52 Å². The summed E-state index contributed by atoms with van der Waals surface area (Å²) in [6, 6.07) is 8.69. The lowest BCUT2D eigenvalue weighted by Crippen LogP contribution is -2.39. The Morgan fingerprint density at radius 3 is 2.32 bits per heavy atom. The Kier molecular flexibility index (Phi) is 7.88. The molecule has 0 bridgehead atoms. The molecule has 0 spiro atoms. The molecule has 4 rings (SSSR count). The number of hydrogen-bond donors (Lipinski definition) is 2.